The van der Waals surface area contributed by atoms with Gasteiger partial charge in [0, 0.05) is 6.08 Å². The molecule has 0 spiro atoms. The molecule has 12 heavy (non-hydrogen) atoms. The molecule has 1 aliphatic rings. The van der Waals surface area contributed by atoms with Crippen molar-refractivity contribution >= 4 is 11.9 Å². The molecule has 4 heteroatoms. The van der Waals surface area contributed by atoms with Gasteiger partial charge in [-0.3, -0.25) is 4.79 Å². The zero-order valence-corrected chi connectivity index (χ0v) is 6.62. The highest BCUT2D eigenvalue weighted by Gasteiger charge is 2.27. The lowest BCUT2D eigenvalue weighted by Gasteiger charge is -2.04. The first kappa shape index (κ1) is 8.77. The molecule has 0 aliphatic carbocycles. The van der Waals surface area contributed by atoms with Crippen molar-refractivity contribution in [2.45, 2.75) is 6.42 Å². The van der Waals surface area contributed by atoms with E-state index < -0.39 is 5.97 Å². The van der Waals surface area contributed by atoms with E-state index in [0.29, 0.717) is 13.0 Å². The molecule has 0 amide bonds. The summed E-state index contributed by atoms with van der Waals surface area (Å²) in [5.41, 5.74) is 0. The van der Waals surface area contributed by atoms with Gasteiger partial charge in [0.15, 0.2) is 0 Å². The largest absolute Gasteiger partial charge is 0.465 e. The summed E-state index contributed by atoms with van der Waals surface area (Å²) in [4.78, 5) is 21.4. The summed E-state index contributed by atoms with van der Waals surface area (Å²) in [6, 6.07) is 0. The summed E-state index contributed by atoms with van der Waals surface area (Å²) in [6.45, 7) is 3.76. The summed E-state index contributed by atoms with van der Waals surface area (Å²) in [7, 11) is 0. The van der Waals surface area contributed by atoms with Crippen molar-refractivity contribution in [2.24, 2.45) is 5.92 Å². The Hall–Kier alpha value is -1.32. The lowest BCUT2D eigenvalue weighted by molar-refractivity contribution is -0.146. The van der Waals surface area contributed by atoms with Crippen LogP contribution in [-0.4, -0.2) is 25.2 Å². The second-order valence-corrected chi connectivity index (χ2v) is 2.49. The Morgan fingerprint density at radius 1 is 1.83 bits per heavy atom. The van der Waals surface area contributed by atoms with E-state index in [9.17, 15) is 9.59 Å². The molecule has 4 nitrogen and oxygen atoms in total. The van der Waals surface area contributed by atoms with E-state index in [1.807, 2.05) is 0 Å². The maximum Gasteiger partial charge on any atom is 0.330 e. The molecule has 0 aromatic rings. The van der Waals surface area contributed by atoms with Crippen molar-refractivity contribution in [3.63, 3.8) is 0 Å². The lowest BCUT2D eigenvalue weighted by atomic mass is 10.1. The van der Waals surface area contributed by atoms with Crippen LogP contribution in [0.5, 0.6) is 0 Å². The molecule has 0 aromatic heterocycles. The molecule has 1 rings (SSSR count). The highest BCUT2D eigenvalue weighted by molar-refractivity contribution is 5.81. The molecule has 0 N–H and O–H groups in total. The molecule has 0 bridgehead atoms. The quantitative estimate of drug-likeness (QED) is 0.451. The average molecular weight is 170 g/mol. The van der Waals surface area contributed by atoms with Gasteiger partial charge in [-0.2, -0.15) is 0 Å². The number of esters is 2. The summed E-state index contributed by atoms with van der Waals surface area (Å²) in [5.74, 6) is -1.07. The number of hydrogen-bond donors (Lipinski definition) is 0. The summed E-state index contributed by atoms with van der Waals surface area (Å²) >= 11 is 0. The minimum absolute atomic E-state index is 0.101. The van der Waals surface area contributed by atoms with Crippen LogP contribution < -0.4 is 0 Å². The molecule has 1 aliphatic heterocycles. The van der Waals surface area contributed by atoms with E-state index in [1.165, 1.54) is 0 Å². The predicted molar refractivity (Wildman–Crippen MR) is 40.2 cm³/mol. The highest BCUT2D eigenvalue weighted by Crippen LogP contribution is 2.14. The zero-order chi connectivity index (χ0) is 8.97. The molecule has 66 valence electrons. The average Bonchev–Trinajstić information content (AvgIpc) is 2.47. The number of carbonyl (C=O) groups is 2. The molecule has 0 aromatic carbocycles. The normalized spacial score (nSPS) is 21.7. The Morgan fingerprint density at radius 2 is 2.58 bits per heavy atom. The van der Waals surface area contributed by atoms with Crippen molar-refractivity contribution in [2.75, 3.05) is 13.2 Å². The van der Waals surface area contributed by atoms with Gasteiger partial charge in [0.1, 0.15) is 6.61 Å². The summed E-state index contributed by atoms with van der Waals surface area (Å²) in [6.07, 6.45) is 1.70. The SMILES string of the molecule is C=CC(=O)OCC1CCOC1=O. The molecular formula is C8H10O4. The molecule has 0 saturated carbocycles. The first-order valence-electron chi connectivity index (χ1n) is 3.70. The van der Waals surface area contributed by atoms with Gasteiger partial charge in [-0.05, 0) is 6.42 Å². The molecule has 1 heterocycles. The van der Waals surface area contributed by atoms with Crippen molar-refractivity contribution in [3.05, 3.63) is 12.7 Å². The number of carbonyl (C=O) groups excluding carboxylic acids is 2. The van der Waals surface area contributed by atoms with Gasteiger partial charge >= 0.3 is 11.9 Å². The predicted octanol–water partition coefficient (Wildman–Crippen LogP) is 0.279. The smallest absolute Gasteiger partial charge is 0.330 e. The third-order valence-electron chi connectivity index (χ3n) is 1.64. The Bertz CT molecular complexity index is 209. The second-order valence-electron chi connectivity index (χ2n) is 2.49. The molecule has 0 radical (unpaired) electrons. The molecule has 1 fully saturated rings. The topological polar surface area (TPSA) is 52.6 Å². The van der Waals surface area contributed by atoms with Crippen molar-refractivity contribution in [1.82, 2.24) is 0 Å². The number of hydrogen-bond acceptors (Lipinski definition) is 4. The first-order chi connectivity index (χ1) is 5.74. The van der Waals surface area contributed by atoms with E-state index in [-0.39, 0.29) is 18.5 Å². The van der Waals surface area contributed by atoms with E-state index in [1.54, 1.807) is 0 Å². The summed E-state index contributed by atoms with van der Waals surface area (Å²) < 4.78 is 9.36. The van der Waals surface area contributed by atoms with Gasteiger partial charge in [0.2, 0.25) is 0 Å². The van der Waals surface area contributed by atoms with Gasteiger partial charge in [0.05, 0.1) is 12.5 Å². The van der Waals surface area contributed by atoms with Crippen LogP contribution in [0.15, 0.2) is 12.7 Å². The third-order valence-corrected chi connectivity index (χ3v) is 1.64. The van der Waals surface area contributed by atoms with E-state index in [0.717, 1.165) is 6.08 Å². The van der Waals surface area contributed by atoms with Crippen molar-refractivity contribution in [3.8, 4) is 0 Å². The van der Waals surface area contributed by atoms with E-state index in [4.69, 9.17) is 0 Å². The zero-order valence-electron chi connectivity index (χ0n) is 6.62. The Balaban J connectivity index is 2.27. The molecule has 1 saturated heterocycles. The Morgan fingerprint density at radius 3 is 3.08 bits per heavy atom. The minimum Gasteiger partial charge on any atom is -0.465 e. The van der Waals surface area contributed by atoms with Crippen LogP contribution in [-0.2, 0) is 19.1 Å². The van der Waals surface area contributed by atoms with Crippen molar-refractivity contribution < 1.29 is 19.1 Å². The van der Waals surface area contributed by atoms with Crippen LogP contribution in [0.2, 0.25) is 0 Å². The Kier molecular flexibility index (Phi) is 2.85. The third kappa shape index (κ3) is 2.08. The molecule has 1 atom stereocenters. The lowest BCUT2D eigenvalue weighted by Crippen LogP contribution is -2.16. The van der Waals surface area contributed by atoms with Gasteiger partial charge in [-0.15, -0.1) is 0 Å². The fourth-order valence-electron chi connectivity index (χ4n) is 0.931. The number of rotatable bonds is 3. The minimum atomic E-state index is -0.505. The second kappa shape index (κ2) is 3.90. The van der Waals surface area contributed by atoms with Gasteiger partial charge in [-0.1, -0.05) is 6.58 Å². The Labute approximate surface area is 70.1 Å². The van der Waals surface area contributed by atoms with Crippen molar-refractivity contribution in [1.29, 1.82) is 0 Å². The van der Waals surface area contributed by atoms with Crippen LogP contribution in [0.3, 0.4) is 0 Å². The maximum atomic E-state index is 10.8. The monoisotopic (exact) mass is 170 g/mol. The van der Waals surface area contributed by atoms with Gasteiger partial charge in [-0.25, -0.2) is 4.79 Å². The van der Waals surface area contributed by atoms with Crippen LogP contribution in [0, 0.1) is 5.92 Å². The van der Waals surface area contributed by atoms with Crippen LogP contribution in [0.1, 0.15) is 6.42 Å². The van der Waals surface area contributed by atoms with Crippen LogP contribution in [0.25, 0.3) is 0 Å². The molecular weight excluding hydrogens is 160 g/mol. The van der Waals surface area contributed by atoms with E-state index >= 15 is 0 Å². The highest BCUT2D eigenvalue weighted by atomic mass is 16.6. The first-order valence-corrected chi connectivity index (χ1v) is 3.70. The fraction of sp³-hybridized carbons (Fsp3) is 0.500. The maximum absolute atomic E-state index is 10.8. The summed E-state index contributed by atoms with van der Waals surface area (Å²) in [5, 5.41) is 0. The van der Waals surface area contributed by atoms with Gasteiger partial charge in [0.25, 0.3) is 0 Å². The van der Waals surface area contributed by atoms with E-state index in [2.05, 4.69) is 16.1 Å². The standard InChI is InChI=1S/C8H10O4/c1-2-7(9)12-5-6-3-4-11-8(6)10/h2,6H,1,3-5H2. The fourth-order valence-corrected chi connectivity index (χ4v) is 0.931. The van der Waals surface area contributed by atoms with Gasteiger partial charge < -0.3 is 9.47 Å². The van der Waals surface area contributed by atoms with Crippen LogP contribution in [0.4, 0.5) is 0 Å². The van der Waals surface area contributed by atoms with Crippen LogP contribution >= 0.6 is 0 Å². The number of ether oxygens (including phenoxy) is 2. The number of cyclic esters (lactones) is 1. The molecule has 1 unspecified atom stereocenters.